The van der Waals surface area contributed by atoms with Gasteiger partial charge in [-0.15, -0.1) is 0 Å². The van der Waals surface area contributed by atoms with Crippen molar-refractivity contribution in [3.05, 3.63) is 10.6 Å². The van der Waals surface area contributed by atoms with Crippen molar-refractivity contribution in [3.8, 4) is 0 Å². The number of β-amino-alcohol motifs (C(OH)–C–C–N with tert-alkyl or cyclic N) is 1. The summed E-state index contributed by atoms with van der Waals surface area (Å²) in [6, 6.07) is 0. The number of thiazole rings is 1. The van der Waals surface area contributed by atoms with Crippen LogP contribution in [0.2, 0.25) is 0 Å². The number of anilines is 1. The molecule has 1 aliphatic heterocycles. The van der Waals surface area contributed by atoms with Gasteiger partial charge in [0.2, 0.25) is 5.91 Å². The van der Waals surface area contributed by atoms with Crippen molar-refractivity contribution in [3.63, 3.8) is 0 Å². The summed E-state index contributed by atoms with van der Waals surface area (Å²) in [7, 11) is 1.30. The third-order valence-electron chi connectivity index (χ3n) is 2.49. The normalized spacial score (nSPS) is 19.8. The highest BCUT2D eigenvalue weighted by molar-refractivity contribution is 7.17. The second-order valence-electron chi connectivity index (χ2n) is 3.76. The summed E-state index contributed by atoms with van der Waals surface area (Å²) < 4.78 is 4.62. The Morgan fingerprint density at radius 3 is 2.88 bits per heavy atom. The van der Waals surface area contributed by atoms with Crippen LogP contribution in [0.15, 0.2) is 0 Å². The summed E-state index contributed by atoms with van der Waals surface area (Å²) in [5.74, 6) is -0.638. The molecule has 1 fully saturated rings. The minimum absolute atomic E-state index is 0.103. The van der Waals surface area contributed by atoms with Gasteiger partial charge in [-0.3, -0.25) is 9.69 Å². The van der Waals surface area contributed by atoms with Gasteiger partial charge in [0.05, 0.1) is 31.9 Å². The van der Waals surface area contributed by atoms with Gasteiger partial charge in [-0.05, 0) is 6.92 Å². The second kappa shape index (κ2) is 4.42. The van der Waals surface area contributed by atoms with E-state index in [0.717, 1.165) is 11.3 Å². The molecule has 1 atom stereocenters. The Bertz CT molecular complexity index is 471. The highest BCUT2D eigenvalue weighted by atomic mass is 32.1. The molecule has 17 heavy (non-hydrogen) atoms. The van der Waals surface area contributed by atoms with Crippen LogP contribution >= 0.6 is 11.3 Å². The van der Waals surface area contributed by atoms with E-state index >= 15 is 0 Å². The summed E-state index contributed by atoms with van der Waals surface area (Å²) in [5.41, 5.74) is 0.533. The molecular weight excluding hydrogens is 244 g/mol. The molecule has 0 aliphatic carbocycles. The number of rotatable bonds is 2. The molecule has 2 heterocycles. The van der Waals surface area contributed by atoms with E-state index in [1.807, 2.05) is 0 Å². The van der Waals surface area contributed by atoms with E-state index in [9.17, 15) is 14.7 Å². The number of aliphatic hydroxyl groups is 1. The molecule has 92 valence electrons. The Morgan fingerprint density at radius 2 is 2.35 bits per heavy atom. The number of methoxy groups -OCH3 is 1. The van der Waals surface area contributed by atoms with Crippen LogP contribution in [0.5, 0.6) is 0 Å². The SMILES string of the molecule is COC(=O)c1sc(N2CC(O)CC2=O)nc1C. The highest BCUT2D eigenvalue weighted by Crippen LogP contribution is 2.29. The average Bonchev–Trinajstić information content (AvgIpc) is 2.80. The number of esters is 1. The lowest BCUT2D eigenvalue weighted by atomic mass is 10.3. The molecule has 0 aromatic carbocycles. The molecule has 1 aromatic heterocycles. The lowest BCUT2D eigenvalue weighted by Gasteiger charge is -2.10. The van der Waals surface area contributed by atoms with Crippen molar-refractivity contribution in [2.45, 2.75) is 19.4 Å². The molecule has 1 aromatic rings. The lowest BCUT2D eigenvalue weighted by Crippen LogP contribution is -2.24. The number of aromatic nitrogens is 1. The first-order valence-corrected chi connectivity index (χ1v) is 5.88. The van der Waals surface area contributed by atoms with Crippen molar-refractivity contribution < 1.29 is 19.4 Å². The maximum absolute atomic E-state index is 11.6. The Kier molecular flexibility index (Phi) is 3.12. The minimum atomic E-state index is -0.659. The van der Waals surface area contributed by atoms with Gasteiger partial charge in [0.1, 0.15) is 4.88 Å². The first-order valence-electron chi connectivity index (χ1n) is 5.07. The van der Waals surface area contributed by atoms with Crippen LogP contribution < -0.4 is 4.90 Å². The number of hydrogen-bond acceptors (Lipinski definition) is 6. The zero-order valence-corrected chi connectivity index (χ0v) is 10.3. The topological polar surface area (TPSA) is 79.7 Å². The molecule has 0 bridgehead atoms. The first kappa shape index (κ1) is 12.0. The predicted molar refractivity (Wildman–Crippen MR) is 61.2 cm³/mol. The number of aliphatic hydroxyl groups excluding tert-OH is 1. The van der Waals surface area contributed by atoms with Crippen molar-refractivity contribution in [2.75, 3.05) is 18.6 Å². The standard InChI is InChI=1S/C10H12N2O4S/c1-5-8(9(15)16-2)17-10(11-5)12-4-6(13)3-7(12)14/h6,13H,3-4H2,1-2H3. The summed E-state index contributed by atoms with van der Waals surface area (Å²) in [4.78, 5) is 28.9. The third kappa shape index (κ3) is 2.16. The van der Waals surface area contributed by atoms with Gasteiger partial charge >= 0.3 is 5.97 Å². The molecule has 0 radical (unpaired) electrons. The number of carbonyl (C=O) groups is 2. The van der Waals surface area contributed by atoms with Crippen molar-refractivity contribution in [1.29, 1.82) is 0 Å². The Hall–Kier alpha value is -1.47. The molecule has 1 unspecified atom stereocenters. The molecule has 1 saturated heterocycles. The average molecular weight is 256 g/mol. The Labute approximate surface area is 102 Å². The van der Waals surface area contributed by atoms with E-state index in [2.05, 4.69) is 9.72 Å². The molecule has 7 heteroatoms. The molecule has 1 amide bonds. The van der Waals surface area contributed by atoms with Crippen LogP contribution in [0.4, 0.5) is 5.13 Å². The quantitative estimate of drug-likeness (QED) is 0.772. The second-order valence-corrected chi connectivity index (χ2v) is 4.74. The number of carbonyl (C=O) groups excluding carboxylic acids is 2. The van der Waals surface area contributed by atoms with Gasteiger partial charge in [-0.1, -0.05) is 11.3 Å². The number of hydrogen-bond donors (Lipinski definition) is 1. The number of aryl methyl sites for hydroxylation is 1. The van der Waals surface area contributed by atoms with Crippen molar-refractivity contribution >= 4 is 28.3 Å². The fraction of sp³-hybridized carbons (Fsp3) is 0.500. The minimum Gasteiger partial charge on any atom is -0.465 e. The van der Waals surface area contributed by atoms with Crippen LogP contribution in [0.25, 0.3) is 0 Å². The molecule has 1 aliphatic rings. The lowest BCUT2D eigenvalue weighted by molar-refractivity contribution is -0.117. The summed E-state index contributed by atoms with van der Waals surface area (Å²) in [5, 5.41) is 9.82. The van der Waals surface area contributed by atoms with E-state index in [0.29, 0.717) is 15.7 Å². The van der Waals surface area contributed by atoms with Gasteiger partial charge in [-0.25, -0.2) is 9.78 Å². The highest BCUT2D eigenvalue weighted by Gasteiger charge is 2.32. The van der Waals surface area contributed by atoms with Crippen LogP contribution in [-0.4, -0.2) is 41.7 Å². The summed E-state index contributed by atoms with van der Waals surface area (Å²) in [6.45, 7) is 1.91. The predicted octanol–water partition coefficient (Wildman–Crippen LogP) is 0.336. The maximum atomic E-state index is 11.6. The van der Waals surface area contributed by atoms with Gasteiger partial charge in [0.25, 0.3) is 0 Å². The van der Waals surface area contributed by atoms with Crippen LogP contribution in [0.3, 0.4) is 0 Å². The molecule has 6 nitrogen and oxygen atoms in total. The van der Waals surface area contributed by atoms with E-state index < -0.39 is 12.1 Å². The molecule has 2 rings (SSSR count). The zero-order chi connectivity index (χ0) is 12.6. The van der Waals surface area contributed by atoms with Crippen LogP contribution in [0.1, 0.15) is 21.8 Å². The first-order chi connectivity index (χ1) is 8.02. The molecular formula is C10H12N2O4S. The largest absolute Gasteiger partial charge is 0.465 e. The number of nitrogens with zero attached hydrogens (tertiary/aromatic N) is 2. The molecule has 1 N–H and O–H groups in total. The summed E-state index contributed by atoms with van der Waals surface area (Å²) in [6.07, 6.45) is -0.556. The Balaban J connectivity index is 2.29. The smallest absolute Gasteiger partial charge is 0.350 e. The number of amides is 1. The van der Waals surface area contributed by atoms with Crippen LogP contribution in [-0.2, 0) is 9.53 Å². The summed E-state index contributed by atoms with van der Waals surface area (Å²) >= 11 is 1.10. The maximum Gasteiger partial charge on any atom is 0.350 e. The van der Waals surface area contributed by atoms with Gasteiger partial charge in [-0.2, -0.15) is 0 Å². The third-order valence-corrected chi connectivity index (χ3v) is 3.65. The Morgan fingerprint density at radius 1 is 1.65 bits per heavy atom. The molecule has 0 spiro atoms. The van der Waals surface area contributed by atoms with Crippen molar-refractivity contribution in [1.82, 2.24) is 4.98 Å². The number of ether oxygens (including phenoxy) is 1. The monoisotopic (exact) mass is 256 g/mol. The molecule has 0 saturated carbocycles. The zero-order valence-electron chi connectivity index (χ0n) is 9.47. The van der Waals surface area contributed by atoms with E-state index in [1.54, 1.807) is 6.92 Å². The fourth-order valence-electron chi connectivity index (χ4n) is 1.65. The van der Waals surface area contributed by atoms with E-state index in [1.165, 1.54) is 12.0 Å². The van der Waals surface area contributed by atoms with E-state index in [4.69, 9.17) is 0 Å². The fourth-order valence-corrected chi connectivity index (χ4v) is 2.67. The van der Waals surface area contributed by atoms with Gasteiger partial charge in [0, 0.05) is 0 Å². The van der Waals surface area contributed by atoms with E-state index in [-0.39, 0.29) is 18.9 Å². The van der Waals surface area contributed by atoms with Crippen molar-refractivity contribution in [2.24, 2.45) is 0 Å². The van der Waals surface area contributed by atoms with Gasteiger partial charge < -0.3 is 9.84 Å². The van der Waals surface area contributed by atoms with Crippen LogP contribution in [0, 0.1) is 6.92 Å². The van der Waals surface area contributed by atoms with Gasteiger partial charge in [0.15, 0.2) is 5.13 Å².